The van der Waals surface area contributed by atoms with Crippen LogP contribution in [0.3, 0.4) is 0 Å². The number of hydrogen-bond donors (Lipinski definition) is 2. The van der Waals surface area contributed by atoms with Gasteiger partial charge >= 0.3 is 0 Å². The molecular formula is C10H18N4O2S2. The number of nitrogens with one attached hydrogen (secondary N) is 1. The van der Waals surface area contributed by atoms with Crippen LogP contribution in [-0.2, 0) is 10.0 Å². The largest absolute Gasteiger partial charge is 0.374 e. The summed E-state index contributed by atoms with van der Waals surface area (Å²) in [6.07, 6.45) is 2.90. The summed E-state index contributed by atoms with van der Waals surface area (Å²) < 4.78 is 26.8. The highest BCUT2D eigenvalue weighted by Gasteiger charge is 2.29. The van der Waals surface area contributed by atoms with E-state index in [0.29, 0.717) is 11.8 Å². The summed E-state index contributed by atoms with van der Waals surface area (Å²) in [5.41, 5.74) is 5.41. The molecule has 2 rings (SSSR count). The van der Waals surface area contributed by atoms with Crippen molar-refractivity contribution in [2.24, 2.45) is 11.8 Å². The quantitative estimate of drug-likeness (QED) is 0.872. The van der Waals surface area contributed by atoms with Crippen LogP contribution in [0.1, 0.15) is 33.1 Å². The third-order valence-corrected chi connectivity index (χ3v) is 5.79. The lowest BCUT2D eigenvalue weighted by Crippen LogP contribution is -2.39. The van der Waals surface area contributed by atoms with Crippen molar-refractivity contribution in [3.8, 4) is 0 Å². The summed E-state index contributed by atoms with van der Waals surface area (Å²) in [4.78, 5) is 0. The number of anilines is 1. The molecule has 0 amide bonds. The Labute approximate surface area is 111 Å². The molecule has 1 heterocycles. The monoisotopic (exact) mass is 290 g/mol. The molecule has 1 aliphatic rings. The Morgan fingerprint density at radius 3 is 2.33 bits per heavy atom. The van der Waals surface area contributed by atoms with E-state index in [1.165, 1.54) is 0 Å². The third kappa shape index (κ3) is 3.18. The van der Waals surface area contributed by atoms with Crippen molar-refractivity contribution in [3.63, 3.8) is 0 Å². The summed E-state index contributed by atoms with van der Waals surface area (Å²) in [5.74, 6) is 1.09. The molecule has 0 aromatic carbocycles. The second kappa shape index (κ2) is 5.10. The van der Waals surface area contributed by atoms with Gasteiger partial charge in [-0.25, -0.2) is 13.1 Å². The highest BCUT2D eigenvalue weighted by molar-refractivity contribution is 7.91. The van der Waals surface area contributed by atoms with Crippen LogP contribution >= 0.6 is 11.3 Å². The fraction of sp³-hybridized carbons (Fsp3) is 0.800. The van der Waals surface area contributed by atoms with Crippen LogP contribution in [0.25, 0.3) is 0 Å². The molecule has 2 unspecified atom stereocenters. The van der Waals surface area contributed by atoms with Gasteiger partial charge in [0.1, 0.15) is 0 Å². The van der Waals surface area contributed by atoms with Crippen LogP contribution in [0.4, 0.5) is 5.13 Å². The number of sulfonamides is 1. The molecule has 2 atom stereocenters. The van der Waals surface area contributed by atoms with Crippen molar-refractivity contribution in [1.29, 1.82) is 0 Å². The molecule has 1 aliphatic carbocycles. The molecule has 8 heteroatoms. The number of rotatable bonds is 3. The van der Waals surface area contributed by atoms with Crippen molar-refractivity contribution in [3.05, 3.63) is 0 Å². The van der Waals surface area contributed by atoms with Crippen molar-refractivity contribution in [2.45, 2.75) is 43.5 Å². The molecule has 1 fully saturated rings. The lowest BCUT2D eigenvalue weighted by Gasteiger charge is -2.31. The predicted molar refractivity (Wildman–Crippen MR) is 70.6 cm³/mol. The number of nitrogens with two attached hydrogens (primary N) is 1. The van der Waals surface area contributed by atoms with E-state index in [1.54, 1.807) is 0 Å². The maximum absolute atomic E-state index is 12.1. The number of nitrogens with zero attached hydrogens (tertiary/aromatic N) is 2. The summed E-state index contributed by atoms with van der Waals surface area (Å²) in [6, 6.07) is -0.0149. The molecule has 102 valence electrons. The van der Waals surface area contributed by atoms with Crippen LogP contribution in [-0.4, -0.2) is 24.7 Å². The Hall–Kier alpha value is -0.730. The van der Waals surface area contributed by atoms with E-state index < -0.39 is 10.0 Å². The van der Waals surface area contributed by atoms with Gasteiger partial charge in [0.15, 0.2) is 0 Å². The molecule has 0 spiro atoms. The van der Waals surface area contributed by atoms with Crippen molar-refractivity contribution < 1.29 is 8.42 Å². The molecule has 1 saturated carbocycles. The zero-order chi connectivity index (χ0) is 13.3. The Morgan fingerprint density at radius 1 is 1.22 bits per heavy atom. The van der Waals surface area contributed by atoms with E-state index >= 15 is 0 Å². The van der Waals surface area contributed by atoms with Crippen molar-refractivity contribution in [2.75, 3.05) is 5.73 Å². The maximum Gasteiger partial charge on any atom is 0.270 e. The molecule has 0 bridgehead atoms. The standard InChI is InChI=1S/C10H18N4O2S2/c1-6-3-7(2)5-8(4-6)14-18(15,16)10-13-12-9(11)17-10/h6-8,14H,3-5H2,1-2H3,(H2,11,12). The molecule has 6 nitrogen and oxygen atoms in total. The first-order valence-electron chi connectivity index (χ1n) is 5.98. The normalized spacial score (nSPS) is 29.3. The van der Waals surface area contributed by atoms with Gasteiger partial charge < -0.3 is 5.73 Å². The van der Waals surface area contributed by atoms with Gasteiger partial charge in [0.25, 0.3) is 10.0 Å². The fourth-order valence-corrected chi connectivity index (χ4v) is 4.70. The second-order valence-corrected chi connectivity index (χ2v) is 8.04. The first kappa shape index (κ1) is 13.7. The second-order valence-electron chi connectivity index (χ2n) is 5.14. The average Bonchev–Trinajstić information content (AvgIpc) is 2.62. The Morgan fingerprint density at radius 2 is 1.83 bits per heavy atom. The summed E-state index contributed by atoms with van der Waals surface area (Å²) >= 11 is 0.890. The van der Waals surface area contributed by atoms with Crippen LogP contribution < -0.4 is 10.5 Å². The first-order chi connectivity index (χ1) is 8.37. The topological polar surface area (TPSA) is 98.0 Å². The molecule has 0 saturated heterocycles. The van der Waals surface area contributed by atoms with E-state index in [1.807, 2.05) is 0 Å². The van der Waals surface area contributed by atoms with Gasteiger partial charge in [0.2, 0.25) is 9.47 Å². The van der Waals surface area contributed by atoms with E-state index in [0.717, 1.165) is 30.6 Å². The van der Waals surface area contributed by atoms with E-state index in [-0.39, 0.29) is 15.5 Å². The minimum Gasteiger partial charge on any atom is -0.374 e. The van der Waals surface area contributed by atoms with Crippen molar-refractivity contribution >= 4 is 26.5 Å². The van der Waals surface area contributed by atoms with Gasteiger partial charge in [-0.15, -0.1) is 10.2 Å². The number of nitrogen functional groups attached to an aromatic ring is 1. The lowest BCUT2D eigenvalue weighted by molar-refractivity contribution is 0.257. The lowest BCUT2D eigenvalue weighted by atomic mass is 9.81. The molecule has 1 aromatic rings. The van der Waals surface area contributed by atoms with Gasteiger partial charge in [0.05, 0.1) is 0 Å². The SMILES string of the molecule is CC1CC(C)CC(NS(=O)(=O)c2nnc(N)s2)C1. The minimum absolute atomic E-state index is 0.0149. The number of aromatic nitrogens is 2. The van der Waals surface area contributed by atoms with Gasteiger partial charge in [-0.3, -0.25) is 0 Å². The summed E-state index contributed by atoms with van der Waals surface area (Å²) in [5, 5.41) is 7.28. The molecule has 0 aliphatic heterocycles. The van der Waals surface area contributed by atoms with Crippen LogP contribution in [0.2, 0.25) is 0 Å². The van der Waals surface area contributed by atoms with Crippen molar-refractivity contribution in [1.82, 2.24) is 14.9 Å². The fourth-order valence-electron chi connectivity index (χ4n) is 2.64. The molecular weight excluding hydrogens is 272 g/mol. The Kier molecular flexibility index (Phi) is 3.88. The predicted octanol–water partition coefficient (Wildman–Crippen LogP) is 1.22. The third-order valence-electron chi connectivity index (χ3n) is 3.15. The molecule has 0 radical (unpaired) electrons. The smallest absolute Gasteiger partial charge is 0.270 e. The Bertz CT molecular complexity index is 504. The van der Waals surface area contributed by atoms with Gasteiger partial charge in [0, 0.05) is 6.04 Å². The molecule has 1 aromatic heterocycles. The van der Waals surface area contributed by atoms with Crippen LogP contribution in [0.15, 0.2) is 4.34 Å². The van der Waals surface area contributed by atoms with E-state index in [9.17, 15) is 8.42 Å². The summed E-state index contributed by atoms with van der Waals surface area (Å²) in [6.45, 7) is 4.31. The average molecular weight is 290 g/mol. The zero-order valence-electron chi connectivity index (χ0n) is 10.5. The zero-order valence-corrected chi connectivity index (χ0v) is 12.1. The highest BCUT2D eigenvalue weighted by Crippen LogP contribution is 2.29. The van der Waals surface area contributed by atoms with Gasteiger partial charge in [-0.1, -0.05) is 25.2 Å². The maximum atomic E-state index is 12.1. The first-order valence-corrected chi connectivity index (χ1v) is 8.28. The van der Waals surface area contributed by atoms with Crippen LogP contribution in [0.5, 0.6) is 0 Å². The Balaban J connectivity index is 2.08. The summed E-state index contributed by atoms with van der Waals surface area (Å²) in [7, 11) is -3.57. The highest BCUT2D eigenvalue weighted by atomic mass is 32.2. The molecule has 18 heavy (non-hydrogen) atoms. The van der Waals surface area contributed by atoms with E-state index in [4.69, 9.17) is 5.73 Å². The van der Waals surface area contributed by atoms with Gasteiger partial charge in [-0.2, -0.15) is 0 Å². The van der Waals surface area contributed by atoms with E-state index in [2.05, 4.69) is 28.8 Å². The minimum atomic E-state index is -3.57. The van der Waals surface area contributed by atoms with Crippen LogP contribution in [0, 0.1) is 11.8 Å². The van der Waals surface area contributed by atoms with Gasteiger partial charge in [-0.05, 0) is 31.1 Å². The molecule has 3 N–H and O–H groups in total. The number of hydrogen-bond acceptors (Lipinski definition) is 6.